The Balaban J connectivity index is 3.01. The molecule has 8 heteroatoms. The number of methoxy groups -OCH3 is 1. The minimum atomic E-state index is -4.51. The van der Waals surface area contributed by atoms with Crippen LogP contribution in [0.4, 0.5) is 24.9 Å². The first-order valence-corrected chi connectivity index (χ1v) is 6.86. The number of anilines is 2. The van der Waals surface area contributed by atoms with Crippen LogP contribution in [0.1, 0.15) is 32.4 Å². The van der Waals surface area contributed by atoms with E-state index in [1.165, 1.54) is 0 Å². The van der Waals surface area contributed by atoms with E-state index in [0.717, 1.165) is 18.9 Å². The van der Waals surface area contributed by atoms with Gasteiger partial charge >= 0.3 is 6.18 Å². The van der Waals surface area contributed by atoms with Gasteiger partial charge in [0, 0.05) is 19.7 Å². The van der Waals surface area contributed by atoms with Gasteiger partial charge in [0.2, 0.25) is 5.95 Å². The van der Waals surface area contributed by atoms with E-state index in [2.05, 4.69) is 20.6 Å². The molecular weight excluding hydrogens is 285 g/mol. The number of ether oxygens (including phenoxy) is 1. The Hall–Kier alpha value is -1.57. The Morgan fingerprint density at radius 2 is 2.00 bits per heavy atom. The number of nitrogens with one attached hydrogen (secondary N) is 2. The first-order valence-electron chi connectivity index (χ1n) is 6.86. The van der Waals surface area contributed by atoms with Gasteiger partial charge in [0.25, 0.3) is 0 Å². The quantitative estimate of drug-likeness (QED) is 0.772. The lowest BCUT2D eigenvalue weighted by atomic mass is 10.2. The summed E-state index contributed by atoms with van der Waals surface area (Å²) in [5.74, 6) is 0.103. The Morgan fingerprint density at radius 3 is 2.52 bits per heavy atom. The monoisotopic (exact) mass is 306 g/mol. The minimum absolute atomic E-state index is 0.0394. The lowest BCUT2D eigenvalue weighted by Crippen LogP contribution is -2.26. The third kappa shape index (κ3) is 5.74. The van der Waals surface area contributed by atoms with E-state index in [4.69, 9.17) is 4.74 Å². The van der Waals surface area contributed by atoms with Gasteiger partial charge in [-0.15, -0.1) is 0 Å². The molecule has 0 amide bonds. The molecule has 0 aliphatic carbocycles. The predicted molar refractivity (Wildman–Crippen MR) is 75.4 cm³/mol. The van der Waals surface area contributed by atoms with Gasteiger partial charge in [-0.1, -0.05) is 13.3 Å². The lowest BCUT2D eigenvalue weighted by Gasteiger charge is -2.19. The molecule has 1 aromatic heterocycles. The number of aromatic nitrogens is 2. The van der Waals surface area contributed by atoms with Gasteiger partial charge in [-0.2, -0.15) is 18.2 Å². The number of nitrogens with zero attached hydrogens (tertiary/aromatic N) is 2. The fourth-order valence-corrected chi connectivity index (χ4v) is 1.86. The summed E-state index contributed by atoms with van der Waals surface area (Å²) in [5, 5.41) is 5.68. The fraction of sp³-hybridized carbons (Fsp3) is 0.692. The van der Waals surface area contributed by atoms with E-state index in [1.807, 2.05) is 6.92 Å². The minimum Gasteiger partial charge on any atom is -0.383 e. The molecule has 0 bridgehead atoms. The molecule has 0 spiro atoms. The first kappa shape index (κ1) is 17.5. The van der Waals surface area contributed by atoms with Gasteiger partial charge in [0.1, 0.15) is 5.82 Å². The van der Waals surface area contributed by atoms with Crippen LogP contribution in [0.25, 0.3) is 0 Å². The van der Waals surface area contributed by atoms with Gasteiger partial charge in [0.15, 0.2) is 5.69 Å². The maximum absolute atomic E-state index is 12.9. The molecule has 1 unspecified atom stereocenters. The summed E-state index contributed by atoms with van der Waals surface area (Å²) < 4.78 is 43.6. The van der Waals surface area contributed by atoms with E-state index >= 15 is 0 Å². The second kappa shape index (κ2) is 8.02. The number of hydrogen-bond acceptors (Lipinski definition) is 5. The van der Waals surface area contributed by atoms with Gasteiger partial charge in [-0.05, 0) is 13.3 Å². The molecule has 1 rings (SSSR count). The summed E-state index contributed by atoms with van der Waals surface area (Å²) in [6.45, 7) is 4.60. The molecule has 2 N–H and O–H groups in total. The smallest absolute Gasteiger partial charge is 0.383 e. The zero-order valence-electron chi connectivity index (χ0n) is 12.4. The second-order valence-corrected chi connectivity index (χ2v) is 4.58. The zero-order chi connectivity index (χ0) is 15.9. The highest BCUT2D eigenvalue weighted by atomic mass is 19.4. The van der Waals surface area contributed by atoms with Gasteiger partial charge in [-0.25, -0.2) is 4.98 Å². The molecule has 1 aromatic rings. The molecular formula is C13H21F3N4O. The van der Waals surface area contributed by atoms with Crippen molar-refractivity contribution in [2.24, 2.45) is 0 Å². The lowest BCUT2D eigenvalue weighted by molar-refractivity contribution is -0.141. The van der Waals surface area contributed by atoms with E-state index < -0.39 is 11.9 Å². The van der Waals surface area contributed by atoms with Crippen LogP contribution < -0.4 is 10.6 Å². The Bertz CT molecular complexity index is 434. The van der Waals surface area contributed by atoms with Crippen LogP contribution in [-0.2, 0) is 10.9 Å². The summed E-state index contributed by atoms with van der Waals surface area (Å²) in [7, 11) is 1.55. The number of rotatable bonds is 8. The standard InChI is InChI=1S/C13H21F3N4O/c1-4-6-9(8-21-3)18-11-7-10(13(14,15)16)19-12(20-11)17-5-2/h7,9H,4-6,8H2,1-3H3,(H2,17,18,19,20). The third-order valence-corrected chi connectivity index (χ3v) is 2.71. The summed E-state index contributed by atoms with van der Waals surface area (Å²) in [4.78, 5) is 7.53. The van der Waals surface area contributed by atoms with Crippen molar-refractivity contribution in [1.82, 2.24) is 9.97 Å². The summed E-state index contributed by atoms with van der Waals surface area (Å²) in [6.07, 6.45) is -2.85. The summed E-state index contributed by atoms with van der Waals surface area (Å²) in [6, 6.07) is 0.824. The third-order valence-electron chi connectivity index (χ3n) is 2.71. The molecule has 21 heavy (non-hydrogen) atoms. The van der Waals surface area contributed by atoms with Crippen LogP contribution >= 0.6 is 0 Å². The SMILES string of the molecule is CCCC(COC)Nc1cc(C(F)(F)F)nc(NCC)n1. The normalized spacial score (nSPS) is 13.0. The van der Waals surface area contributed by atoms with Crippen molar-refractivity contribution in [3.63, 3.8) is 0 Å². The molecule has 0 aliphatic heterocycles. The highest BCUT2D eigenvalue weighted by molar-refractivity contribution is 5.43. The fourth-order valence-electron chi connectivity index (χ4n) is 1.86. The number of halogens is 3. The molecule has 5 nitrogen and oxygen atoms in total. The molecule has 1 atom stereocenters. The van der Waals surface area contributed by atoms with Crippen molar-refractivity contribution in [2.45, 2.75) is 38.9 Å². The predicted octanol–water partition coefficient (Wildman–Crippen LogP) is 3.15. The summed E-state index contributed by atoms with van der Waals surface area (Å²) >= 11 is 0. The van der Waals surface area contributed by atoms with Gasteiger partial charge in [0.05, 0.1) is 12.6 Å². The molecule has 120 valence electrons. The van der Waals surface area contributed by atoms with Crippen molar-refractivity contribution < 1.29 is 17.9 Å². The highest BCUT2D eigenvalue weighted by Crippen LogP contribution is 2.29. The maximum Gasteiger partial charge on any atom is 0.433 e. The van der Waals surface area contributed by atoms with Crippen molar-refractivity contribution in [1.29, 1.82) is 0 Å². The van der Waals surface area contributed by atoms with Crippen LogP contribution in [0.2, 0.25) is 0 Å². The number of alkyl halides is 3. The molecule has 0 saturated heterocycles. The second-order valence-electron chi connectivity index (χ2n) is 4.58. The van der Waals surface area contributed by atoms with Gasteiger partial charge in [-0.3, -0.25) is 0 Å². The average molecular weight is 306 g/mol. The Morgan fingerprint density at radius 1 is 1.29 bits per heavy atom. The molecule has 0 aromatic carbocycles. The van der Waals surface area contributed by atoms with E-state index in [-0.39, 0.29) is 17.8 Å². The molecule has 0 radical (unpaired) electrons. The molecule has 0 fully saturated rings. The van der Waals surface area contributed by atoms with Gasteiger partial charge < -0.3 is 15.4 Å². The molecule has 0 aliphatic rings. The summed E-state index contributed by atoms with van der Waals surface area (Å²) in [5.41, 5.74) is -0.969. The van der Waals surface area contributed by atoms with E-state index in [1.54, 1.807) is 14.0 Å². The van der Waals surface area contributed by atoms with Crippen molar-refractivity contribution >= 4 is 11.8 Å². The average Bonchev–Trinajstić information content (AvgIpc) is 2.38. The zero-order valence-corrected chi connectivity index (χ0v) is 12.4. The van der Waals surface area contributed by atoms with Crippen LogP contribution in [-0.4, -0.2) is 36.3 Å². The first-order chi connectivity index (χ1) is 9.90. The Labute approximate surface area is 122 Å². The maximum atomic E-state index is 12.9. The Kier molecular flexibility index (Phi) is 6.67. The van der Waals surface area contributed by atoms with E-state index in [9.17, 15) is 13.2 Å². The number of hydrogen-bond donors (Lipinski definition) is 2. The van der Waals surface area contributed by atoms with Crippen LogP contribution in [0.15, 0.2) is 6.07 Å². The highest BCUT2D eigenvalue weighted by Gasteiger charge is 2.33. The van der Waals surface area contributed by atoms with Crippen LogP contribution in [0.5, 0.6) is 0 Å². The topological polar surface area (TPSA) is 59.1 Å². The van der Waals surface area contributed by atoms with Crippen molar-refractivity contribution in [3.05, 3.63) is 11.8 Å². The molecule has 0 saturated carbocycles. The molecule has 1 heterocycles. The van der Waals surface area contributed by atoms with Crippen LogP contribution in [0.3, 0.4) is 0 Å². The van der Waals surface area contributed by atoms with Crippen LogP contribution in [0, 0.1) is 0 Å². The van der Waals surface area contributed by atoms with E-state index in [0.29, 0.717) is 13.2 Å². The largest absolute Gasteiger partial charge is 0.433 e. The van der Waals surface area contributed by atoms with Crippen molar-refractivity contribution in [2.75, 3.05) is 30.9 Å². The van der Waals surface area contributed by atoms with Crippen molar-refractivity contribution in [3.8, 4) is 0 Å².